The van der Waals surface area contributed by atoms with Gasteiger partial charge < -0.3 is 25.4 Å². The molecule has 0 radical (unpaired) electrons. The minimum Gasteiger partial charge on any atom is -0.444 e. The van der Waals surface area contributed by atoms with Crippen LogP contribution in [0, 0.1) is 5.92 Å². The van der Waals surface area contributed by atoms with Crippen LogP contribution in [0.15, 0.2) is 17.1 Å². The number of ether oxygens (including phenoxy) is 1. The maximum absolute atomic E-state index is 12.9. The van der Waals surface area contributed by atoms with Crippen LogP contribution in [-0.2, 0) is 22.7 Å². The molecule has 0 spiro atoms. The van der Waals surface area contributed by atoms with Gasteiger partial charge in [-0.3, -0.25) is 9.78 Å². The second-order valence-electron chi connectivity index (χ2n) is 9.80. The number of carbonyl (C=O) groups excluding carboxylic acids is 3. The molecule has 3 N–H and O–H groups in total. The van der Waals surface area contributed by atoms with Crippen LogP contribution in [0.2, 0.25) is 0 Å². The summed E-state index contributed by atoms with van der Waals surface area (Å²) < 4.78 is 5.18. The molecule has 37 heavy (non-hydrogen) atoms. The first-order valence-corrected chi connectivity index (χ1v) is 14.2. The lowest BCUT2D eigenvalue weighted by Gasteiger charge is -2.25. The Kier molecular flexibility index (Phi) is 12.4. The first-order valence-electron chi connectivity index (χ1n) is 12.4. The van der Waals surface area contributed by atoms with Gasteiger partial charge in [-0.1, -0.05) is 20.8 Å². The third-order valence-electron chi connectivity index (χ3n) is 5.75. The van der Waals surface area contributed by atoms with Crippen LogP contribution >= 0.6 is 22.7 Å². The number of urea groups is 1. The van der Waals surface area contributed by atoms with Crippen molar-refractivity contribution in [3.05, 3.63) is 32.7 Å². The summed E-state index contributed by atoms with van der Waals surface area (Å²) in [6, 6.07) is -1.58. The Bertz CT molecular complexity index is 996. The number of aliphatic hydroxyl groups is 1. The molecule has 2 heterocycles. The molecule has 2 rings (SSSR count). The Morgan fingerprint density at radius 1 is 1.11 bits per heavy atom. The maximum Gasteiger partial charge on any atom is 0.407 e. The second-order valence-corrected chi connectivity index (χ2v) is 11.7. The van der Waals surface area contributed by atoms with Gasteiger partial charge in [0.05, 0.1) is 33.7 Å². The zero-order valence-electron chi connectivity index (χ0n) is 22.4. The van der Waals surface area contributed by atoms with Crippen LogP contribution in [0.4, 0.5) is 9.59 Å². The average Bonchev–Trinajstić information content (AvgIpc) is 3.51. The first kappa shape index (κ1) is 30.7. The topological polar surface area (TPSA) is 134 Å². The lowest BCUT2D eigenvalue weighted by Crippen LogP contribution is -2.51. The molecule has 0 saturated carbocycles. The molecule has 3 amide bonds. The molecule has 4 atom stereocenters. The monoisotopic (exact) mass is 553 g/mol. The van der Waals surface area contributed by atoms with E-state index in [0.29, 0.717) is 25.3 Å². The number of rotatable bonds is 14. The molecule has 1 unspecified atom stereocenters. The number of ketones is 1. The van der Waals surface area contributed by atoms with E-state index in [-0.39, 0.29) is 30.8 Å². The summed E-state index contributed by atoms with van der Waals surface area (Å²) in [7, 11) is 1.63. The van der Waals surface area contributed by atoms with Crippen LogP contribution in [0.5, 0.6) is 0 Å². The van der Waals surface area contributed by atoms with Crippen molar-refractivity contribution in [2.45, 2.75) is 91.1 Å². The summed E-state index contributed by atoms with van der Waals surface area (Å²) in [6.07, 6.45) is 1.67. The molecule has 0 aliphatic heterocycles. The van der Waals surface area contributed by atoms with E-state index in [1.54, 1.807) is 30.1 Å². The summed E-state index contributed by atoms with van der Waals surface area (Å²) >= 11 is 2.98. The van der Waals surface area contributed by atoms with Gasteiger partial charge in [0.2, 0.25) is 0 Å². The summed E-state index contributed by atoms with van der Waals surface area (Å²) in [5, 5.41) is 18.6. The van der Waals surface area contributed by atoms with E-state index in [1.165, 1.54) is 23.2 Å². The highest BCUT2D eigenvalue weighted by molar-refractivity contribution is 7.09. The molecule has 0 fully saturated rings. The smallest absolute Gasteiger partial charge is 0.407 e. The summed E-state index contributed by atoms with van der Waals surface area (Å²) in [5.74, 6) is 0.0915. The van der Waals surface area contributed by atoms with Crippen LogP contribution in [0.3, 0.4) is 0 Å². The molecule has 0 aliphatic carbocycles. The molecule has 0 aliphatic rings. The Hall–Kier alpha value is -2.57. The van der Waals surface area contributed by atoms with E-state index < -0.39 is 24.3 Å². The summed E-state index contributed by atoms with van der Waals surface area (Å²) in [6.45, 7) is 9.93. The largest absolute Gasteiger partial charge is 0.444 e. The fourth-order valence-corrected chi connectivity index (χ4v) is 4.89. The quantitative estimate of drug-likeness (QED) is 0.317. The van der Waals surface area contributed by atoms with Crippen LogP contribution in [-0.4, -0.2) is 63.1 Å². The van der Waals surface area contributed by atoms with Gasteiger partial charge in [0, 0.05) is 37.0 Å². The number of hydrogen-bond donors (Lipinski definition) is 3. The number of carbonyl (C=O) groups is 3. The van der Waals surface area contributed by atoms with Gasteiger partial charge in [-0.05, 0) is 32.6 Å². The molecule has 2 aromatic rings. The van der Waals surface area contributed by atoms with Crippen molar-refractivity contribution in [1.29, 1.82) is 0 Å². The van der Waals surface area contributed by atoms with Crippen molar-refractivity contribution >= 4 is 40.6 Å². The van der Waals surface area contributed by atoms with E-state index in [0.717, 1.165) is 15.6 Å². The third-order valence-corrected chi connectivity index (χ3v) is 7.70. The first-order chi connectivity index (χ1) is 17.5. The highest BCUT2D eigenvalue weighted by Crippen LogP contribution is 2.20. The number of aliphatic hydroxyl groups excluding tert-OH is 1. The van der Waals surface area contributed by atoms with Crippen molar-refractivity contribution in [1.82, 2.24) is 25.5 Å². The van der Waals surface area contributed by atoms with Crippen molar-refractivity contribution in [2.24, 2.45) is 5.92 Å². The molecular weight excluding hydrogens is 514 g/mol. The van der Waals surface area contributed by atoms with Gasteiger partial charge in [-0.25, -0.2) is 14.6 Å². The fraction of sp³-hybridized carbons (Fsp3) is 0.640. The van der Waals surface area contributed by atoms with Crippen molar-refractivity contribution in [3.8, 4) is 0 Å². The van der Waals surface area contributed by atoms with Gasteiger partial charge in [0.1, 0.15) is 12.6 Å². The van der Waals surface area contributed by atoms with Gasteiger partial charge in [-0.2, -0.15) is 0 Å². The highest BCUT2D eigenvalue weighted by Gasteiger charge is 2.28. The van der Waals surface area contributed by atoms with Gasteiger partial charge in [0.25, 0.3) is 0 Å². The van der Waals surface area contributed by atoms with E-state index in [2.05, 4.69) is 34.4 Å². The second kappa shape index (κ2) is 15.0. The number of alkyl carbamates (subject to hydrolysis) is 1. The lowest BCUT2D eigenvalue weighted by molar-refractivity contribution is -0.124. The van der Waals surface area contributed by atoms with E-state index in [1.807, 2.05) is 19.2 Å². The van der Waals surface area contributed by atoms with Crippen molar-refractivity contribution < 1.29 is 24.2 Å². The van der Waals surface area contributed by atoms with Crippen LogP contribution < -0.4 is 10.6 Å². The van der Waals surface area contributed by atoms with E-state index >= 15 is 0 Å². The predicted octanol–water partition coefficient (Wildman–Crippen LogP) is 4.30. The molecule has 0 saturated heterocycles. The minimum atomic E-state index is -1.03. The predicted molar refractivity (Wildman–Crippen MR) is 145 cm³/mol. The summed E-state index contributed by atoms with van der Waals surface area (Å²) in [4.78, 5) is 48.4. The van der Waals surface area contributed by atoms with Gasteiger partial charge >= 0.3 is 12.1 Å². The summed E-state index contributed by atoms with van der Waals surface area (Å²) in [5.41, 5.74) is 2.47. The van der Waals surface area contributed by atoms with Gasteiger partial charge in [-0.15, -0.1) is 22.7 Å². The zero-order chi connectivity index (χ0) is 27.5. The van der Waals surface area contributed by atoms with Crippen LogP contribution in [0.1, 0.15) is 75.4 Å². The molecule has 10 nitrogen and oxygen atoms in total. The number of Topliss-reactive ketones (excluding diaryl/α,β-unsaturated/α-hetero) is 1. The lowest BCUT2D eigenvalue weighted by atomic mass is 9.93. The number of amides is 3. The standard InChI is InChI=1S/C25H39N5O5S2/c1-15(2)23-28-19(13-36-23)11-30(6)24(33)29-22(18(5)31)21(32)9-16(3)7-8-17(4)27-25(34)35-12-20-10-26-14-37-20/h10,13-18,22,31H,7-9,11-12H2,1-6H3,(H,27,34)(H,29,33)/t16-,17-,18?,22-/m0/s1. The Morgan fingerprint density at radius 2 is 1.84 bits per heavy atom. The Labute approximate surface area is 226 Å². The van der Waals surface area contributed by atoms with E-state index in [4.69, 9.17) is 4.74 Å². The molecule has 206 valence electrons. The molecule has 0 bridgehead atoms. The Balaban J connectivity index is 1.76. The number of thiazole rings is 2. The minimum absolute atomic E-state index is 0.00491. The third kappa shape index (κ3) is 10.7. The SMILES string of the molecule is CC(C)c1nc(CN(C)C(=O)N[C@H](C(=O)C[C@@H](C)CC[C@H](C)NC(=O)OCc2cncs2)C(C)O)cs1. The Morgan fingerprint density at radius 3 is 2.43 bits per heavy atom. The number of hydrogen-bond acceptors (Lipinski definition) is 9. The van der Waals surface area contributed by atoms with Gasteiger partial charge in [0.15, 0.2) is 5.78 Å². The van der Waals surface area contributed by atoms with E-state index in [9.17, 15) is 19.5 Å². The highest BCUT2D eigenvalue weighted by atomic mass is 32.1. The molecule has 0 aromatic carbocycles. The van der Waals surface area contributed by atoms with Crippen molar-refractivity contribution in [2.75, 3.05) is 7.05 Å². The zero-order valence-corrected chi connectivity index (χ0v) is 24.0. The fourth-order valence-electron chi connectivity index (χ4n) is 3.56. The number of nitrogens with one attached hydrogen (secondary N) is 2. The average molecular weight is 554 g/mol. The normalized spacial score (nSPS) is 14.5. The number of nitrogens with zero attached hydrogens (tertiary/aromatic N) is 3. The number of aromatic nitrogens is 2. The molecular formula is C25H39N5O5S2. The molecule has 12 heteroatoms. The van der Waals surface area contributed by atoms with Crippen LogP contribution in [0.25, 0.3) is 0 Å². The van der Waals surface area contributed by atoms with Crippen molar-refractivity contribution in [3.63, 3.8) is 0 Å². The molecule has 2 aromatic heterocycles. The maximum atomic E-state index is 12.9.